The minimum absolute atomic E-state index is 0.00633. The van der Waals surface area contributed by atoms with E-state index in [4.69, 9.17) is 26.1 Å². The van der Waals surface area contributed by atoms with Gasteiger partial charge in [-0.05, 0) is 61.1 Å². The molecule has 1 aliphatic carbocycles. The lowest BCUT2D eigenvalue weighted by Gasteiger charge is -2.31. The molecule has 0 saturated carbocycles. The molecule has 3 unspecified atom stereocenters. The van der Waals surface area contributed by atoms with Crippen LogP contribution in [-0.4, -0.2) is 56.7 Å². The van der Waals surface area contributed by atoms with E-state index in [1.54, 1.807) is 19.2 Å². The number of halogens is 3. The third kappa shape index (κ3) is 6.18. The zero-order valence-electron chi connectivity index (χ0n) is 28.5. The molecule has 5 aromatic rings. The van der Waals surface area contributed by atoms with Gasteiger partial charge in [-0.2, -0.15) is 0 Å². The second kappa shape index (κ2) is 13.8. The number of nitrogens with zero attached hydrogens (tertiary/aromatic N) is 4. The number of aromatic nitrogens is 4. The molecule has 14 heteroatoms. The number of benzene rings is 2. The Morgan fingerprint density at radius 1 is 1.04 bits per heavy atom. The maximum Gasteiger partial charge on any atom is 0.330 e. The highest BCUT2D eigenvalue weighted by molar-refractivity contribution is 6.36. The average molecular weight is 719 g/mol. The van der Waals surface area contributed by atoms with E-state index in [2.05, 4.69) is 15.6 Å². The van der Waals surface area contributed by atoms with Crippen molar-refractivity contribution in [3.63, 3.8) is 0 Å². The van der Waals surface area contributed by atoms with Crippen LogP contribution >= 0.6 is 11.6 Å². The van der Waals surface area contributed by atoms with Crippen LogP contribution in [0.2, 0.25) is 5.02 Å². The molecule has 11 nitrogen and oxygen atoms in total. The van der Waals surface area contributed by atoms with Crippen molar-refractivity contribution >= 4 is 34.0 Å². The summed E-state index contributed by atoms with van der Waals surface area (Å²) < 4.78 is 41.2. The Kier molecular flexibility index (Phi) is 9.40. The number of hydrogen-bond donors (Lipinski definition) is 3. The number of pyridine rings is 2. The summed E-state index contributed by atoms with van der Waals surface area (Å²) in [6.45, 7) is 2.76. The van der Waals surface area contributed by atoms with Crippen LogP contribution in [0.15, 0.2) is 58.1 Å². The van der Waals surface area contributed by atoms with Crippen molar-refractivity contribution in [2.45, 2.75) is 50.8 Å². The Morgan fingerprint density at radius 3 is 2.53 bits per heavy atom. The van der Waals surface area contributed by atoms with Crippen molar-refractivity contribution in [2.24, 2.45) is 14.1 Å². The van der Waals surface area contributed by atoms with Crippen LogP contribution in [0.1, 0.15) is 47.7 Å². The first-order valence-corrected chi connectivity index (χ1v) is 17.0. The second-order valence-corrected chi connectivity index (χ2v) is 13.3. The van der Waals surface area contributed by atoms with Gasteiger partial charge in [-0.25, -0.2) is 23.5 Å². The van der Waals surface area contributed by atoms with Gasteiger partial charge < -0.3 is 25.2 Å². The van der Waals surface area contributed by atoms with E-state index in [0.717, 1.165) is 50.3 Å². The maximum atomic E-state index is 14.0. The van der Waals surface area contributed by atoms with Gasteiger partial charge in [-0.3, -0.25) is 13.9 Å². The van der Waals surface area contributed by atoms with Gasteiger partial charge in [0.1, 0.15) is 16.9 Å². The lowest BCUT2D eigenvalue weighted by atomic mass is 9.96. The molecule has 0 spiro atoms. The fraction of sp³-hybridized carbons (Fsp3) is 0.351. The highest BCUT2D eigenvalue weighted by atomic mass is 35.5. The van der Waals surface area contributed by atoms with Crippen molar-refractivity contribution in [2.75, 3.05) is 25.6 Å². The van der Waals surface area contributed by atoms with Gasteiger partial charge in [-0.1, -0.05) is 41.9 Å². The van der Waals surface area contributed by atoms with Crippen molar-refractivity contribution < 1.29 is 23.4 Å². The van der Waals surface area contributed by atoms with Gasteiger partial charge in [0.05, 0.1) is 36.1 Å². The van der Waals surface area contributed by atoms with E-state index in [9.17, 15) is 23.5 Å². The maximum absolute atomic E-state index is 14.0. The fourth-order valence-corrected chi connectivity index (χ4v) is 7.51. The monoisotopic (exact) mass is 718 g/mol. The molecule has 1 saturated heterocycles. The van der Waals surface area contributed by atoms with Crippen LogP contribution in [0.5, 0.6) is 5.88 Å². The first-order valence-electron chi connectivity index (χ1n) is 16.6. The molecule has 3 atom stereocenters. The summed E-state index contributed by atoms with van der Waals surface area (Å²) in [6.07, 6.45) is -1.17. The number of rotatable bonds is 8. The number of alkyl halides is 2. The van der Waals surface area contributed by atoms with Crippen molar-refractivity contribution in [1.82, 2.24) is 24.4 Å². The van der Waals surface area contributed by atoms with E-state index < -0.39 is 29.5 Å². The van der Waals surface area contributed by atoms with E-state index in [0.29, 0.717) is 53.0 Å². The Labute approximate surface area is 296 Å². The number of aliphatic hydroxyl groups is 1. The molecule has 1 aliphatic heterocycles. The Morgan fingerprint density at radius 2 is 1.78 bits per heavy atom. The molecular formula is C37H37ClF2N6O5. The molecule has 0 amide bonds. The summed E-state index contributed by atoms with van der Waals surface area (Å²) in [5, 5.41) is 17.6. The summed E-state index contributed by atoms with van der Waals surface area (Å²) in [5.74, 6) is 0.407. The Balaban J connectivity index is 1.26. The van der Waals surface area contributed by atoms with Crippen LogP contribution in [0, 0.1) is 6.92 Å². The summed E-state index contributed by atoms with van der Waals surface area (Å²) in [6, 6.07) is 14.1. The number of nitrogens with one attached hydrogen (secondary N) is 2. The number of ether oxygens (including phenoxy) is 2. The molecule has 3 aromatic heterocycles. The summed E-state index contributed by atoms with van der Waals surface area (Å²) >= 11 is 7.16. The highest BCUT2D eigenvalue weighted by Gasteiger charge is 2.33. The number of hydrogen-bond acceptors (Lipinski definition) is 9. The van der Waals surface area contributed by atoms with E-state index >= 15 is 0 Å². The van der Waals surface area contributed by atoms with Crippen LogP contribution in [-0.2, 0) is 25.3 Å². The average Bonchev–Trinajstić information content (AvgIpc) is 3.53. The quantitative estimate of drug-likeness (QED) is 0.184. The van der Waals surface area contributed by atoms with Crippen molar-refractivity contribution in [3.8, 4) is 28.3 Å². The van der Waals surface area contributed by atoms with Crippen LogP contribution in [0.3, 0.4) is 0 Å². The van der Waals surface area contributed by atoms with Gasteiger partial charge >= 0.3 is 5.69 Å². The number of aliphatic hydroxyl groups excluding tert-OH is 1. The molecule has 0 bridgehead atoms. The third-order valence-corrected chi connectivity index (χ3v) is 10.3. The topological polar surface area (TPSA) is 133 Å². The molecule has 0 radical (unpaired) electrons. The minimum atomic E-state index is -2.93. The smallest absolute Gasteiger partial charge is 0.330 e. The molecule has 2 aromatic carbocycles. The zero-order valence-corrected chi connectivity index (χ0v) is 29.2. The van der Waals surface area contributed by atoms with E-state index in [1.165, 1.54) is 14.1 Å². The van der Waals surface area contributed by atoms with Gasteiger partial charge in [0.2, 0.25) is 5.88 Å². The second-order valence-electron chi connectivity index (χ2n) is 13.0. The summed E-state index contributed by atoms with van der Waals surface area (Å²) in [4.78, 5) is 34.9. The SMILES string of the molecule is COc1nc(-c2cccc(-c3cccc(Nc4nc(C(F)F)cc5c4c(=O)n(C)c(=O)n5C)c3C)c2Cl)cc2c1C(NC1CCOCC1O)CC2. The van der Waals surface area contributed by atoms with Gasteiger partial charge in [-0.15, -0.1) is 0 Å². The molecule has 4 heterocycles. The molecule has 7 rings (SSSR count). The first kappa shape index (κ1) is 34.7. The van der Waals surface area contributed by atoms with Crippen molar-refractivity contribution in [1.29, 1.82) is 0 Å². The molecular weight excluding hydrogens is 682 g/mol. The number of methoxy groups -OCH3 is 1. The molecule has 51 heavy (non-hydrogen) atoms. The van der Waals surface area contributed by atoms with Crippen LogP contribution in [0.4, 0.5) is 20.3 Å². The number of fused-ring (bicyclic) bond motifs is 2. The van der Waals surface area contributed by atoms with Gasteiger partial charge in [0.15, 0.2) is 0 Å². The number of aryl methyl sites for hydroxylation is 2. The Bertz CT molecular complexity index is 2290. The van der Waals surface area contributed by atoms with Crippen molar-refractivity contribution in [3.05, 3.63) is 96.8 Å². The normalized spacial score (nSPS) is 18.7. The Hall–Kier alpha value is -4.69. The van der Waals surface area contributed by atoms with Crippen LogP contribution in [0.25, 0.3) is 33.3 Å². The lowest BCUT2D eigenvalue weighted by Crippen LogP contribution is -2.47. The lowest BCUT2D eigenvalue weighted by molar-refractivity contribution is -0.0304. The summed E-state index contributed by atoms with van der Waals surface area (Å²) in [7, 11) is 4.34. The predicted molar refractivity (Wildman–Crippen MR) is 191 cm³/mol. The van der Waals surface area contributed by atoms with Crippen LogP contribution < -0.4 is 26.6 Å². The molecule has 3 N–H and O–H groups in total. The molecule has 266 valence electrons. The highest BCUT2D eigenvalue weighted by Crippen LogP contribution is 2.43. The van der Waals surface area contributed by atoms with Gasteiger partial charge in [0.25, 0.3) is 12.0 Å². The predicted octanol–water partition coefficient (Wildman–Crippen LogP) is 5.74. The first-order chi connectivity index (χ1) is 24.5. The molecule has 1 fully saturated rings. The zero-order chi connectivity index (χ0) is 36.1. The molecule has 2 aliphatic rings. The summed E-state index contributed by atoms with van der Waals surface area (Å²) in [5.41, 5.74) is 4.30. The fourth-order valence-electron chi connectivity index (χ4n) is 7.18. The third-order valence-electron chi connectivity index (χ3n) is 9.94. The number of anilines is 2. The largest absolute Gasteiger partial charge is 0.481 e. The van der Waals surface area contributed by atoms with E-state index in [-0.39, 0.29) is 28.8 Å². The standard InChI is InChI=1S/C37H37ClF2N6O5/c1-18-20(7-6-10-23(18)42-34-31-28(16-27(43-34)33(39)40)45(2)37(49)46(3)36(31)48)21-8-5-9-22(32(21)38)26-15-19-11-12-25(30(19)35(44-26)50-4)41-24-13-14-51-17-29(24)47/h5-10,15-16,24-25,29,33,41,47H,11-14,17H2,1-4H3,(H,42,43). The minimum Gasteiger partial charge on any atom is -0.481 e. The van der Waals surface area contributed by atoms with Gasteiger partial charge in [0, 0.05) is 55.2 Å². The van der Waals surface area contributed by atoms with E-state index in [1.807, 2.05) is 37.3 Å².